The topological polar surface area (TPSA) is 104 Å². The first-order valence-electron chi connectivity index (χ1n) is 11.8. The molecule has 1 aliphatic heterocycles. The van der Waals surface area contributed by atoms with Gasteiger partial charge in [-0.25, -0.2) is 9.59 Å². The van der Waals surface area contributed by atoms with Gasteiger partial charge in [0.25, 0.3) is 5.56 Å². The maximum absolute atomic E-state index is 13.8. The molecule has 2 aliphatic rings. The van der Waals surface area contributed by atoms with E-state index >= 15 is 0 Å². The van der Waals surface area contributed by atoms with Crippen molar-refractivity contribution in [1.29, 1.82) is 0 Å². The number of esters is 1. The molecule has 1 aliphatic carbocycles. The third kappa shape index (κ3) is 3.91. The molecule has 182 valence electrons. The van der Waals surface area contributed by atoms with Crippen molar-refractivity contribution < 1.29 is 9.53 Å². The molecule has 10 nitrogen and oxygen atoms in total. The summed E-state index contributed by atoms with van der Waals surface area (Å²) >= 11 is 0. The Kier molecular flexibility index (Phi) is 5.71. The molecule has 1 spiro atoms. The summed E-state index contributed by atoms with van der Waals surface area (Å²) < 4.78 is 9.14. The lowest BCUT2D eigenvalue weighted by Gasteiger charge is -2.33. The third-order valence-electron chi connectivity index (χ3n) is 7.13. The standard InChI is InChI=1S/C25H28N6O4/c1-4-5-14-30-19-20(27-23(30)29-13-7-9-25(16-29)10-11-25)28(2)24(34)31(21(19)32)15-18-17(22(33)35-3)8-6-12-26-18/h6,8,12H,7,9-11,13-16H2,1-3H3. The molecular formula is C25H28N6O4. The first-order chi connectivity index (χ1) is 16.9. The molecule has 1 saturated heterocycles. The van der Waals surface area contributed by atoms with Crippen LogP contribution in [0.15, 0.2) is 27.9 Å². The summed E-state index contributed by atoms with van der Waals surface area (Å²) in [6, 6.07) is 3.17. The summed E-state index contributed by atoms with van der Waals surface area (Å²) in [5.74, 6) is 6.05. The Morgan fingerprint density at radius 1 is 1.23 bits per heavy atom. The van der Waals surface area contributed by atoms with Crippen LogP contribution in [0.4, 0.5) is 5.95 Å². The highest BCUT2D eigenvalue weighted by atomic mass is 16.5. The number of piperidine rings is 1. The number of aromatic nitrogens is 5. The van der Waals surface area contributed by atoms with E-state index in [0.717, 1.165) is 24.1 Å². The van der Waals surface area contributed by atoms with Crippen LogP contribution in [-0.2, 0) is 24.9 Å². The average Bonchev–Trinajstić information content (AvgIpc) is 3.50. The average molecular weight is 477 g/mol. The number of carbonyl (C=O) groups excluding carboxylic acids is 1. The van der Waals surface area contributed by atoms with E-state index in [9.17, 15) is 14.4 Å². The molecule has 5 rings (SSSR count). The van der Waals surface area contributed by atoms with Gasteiger partial charge in [-0.3, -0.25) is 23.5 Å². The van der Waals surface area contributed by atoms with Crippen LogP contribution in [0.1, 0.15) is 48.7 Å². The monoisotopic (exact) mass is 476 g/mol. The number of aryl methyl sites for hydroxylation is 1. The maximum atomic E-state index is 13.8. The molecule has 0 amide bonds. The molecule has 2 fully saturated rings. The molecule has 0 N–H and O–H groups in total. The summed E-state index contributed by atoms with van der Waals surface area (Å²) in [7, 11) is 2.88. The molecule has 0 bridgehead atoms. The second-order valence-corrected chi connectivity index (χ2v) is 9.34. The predicted molar refractivity (Wildman–Crippen MR) is 130 cm³/mol. The van der Waals surface area contributed by atoms with Crippen LogP contribution in [0.2, 0.25) is 0 Å². The molecule has 10 heteroatoms. The highest BCUT2D eigenvalue weighted by Crippen LogP contribution is 2.52. The second kappa shape index (κ2) is 8.73. The van der Waals surface area contributed by atoms with E-state index in [-0.39, 0.29) is 24.3 Å². The van der Waals surface area contributed by atoms with Crippen LogP contribution < -0.4 is 16.1 Å². The van der Waals surface area contributed by atoms with Crippen LogP contribution in [-0.4, -0.2) is 49.8 Å². The summed E-state index contributed by atoms with van der Waals surface area (Å²) in [5.41, 5.74) is 0.470. The first kappa shape index (κ1) is 22.9. The van der Waals surface area contributed by atoms with Gasteiger partial charge in [-0.1, -0.05) is 5.92 Å². The molecule has 3 aromatic heterocycles. The smallest absolute Gasteiger partial charge is 0.339 e. The van der Waals surface area contributed by atoms with Crippen molar-refractivity contribution in [1.82, 2.24) is 23.7 Å². The van der Waals surface area contributed by atoms with Crippen molar-refractivity contribution in [2.24, 2.45) is 12.5 Å². The van der Waals surface area contributed by atoms with Crippen molar-refractivity contribution in [2.75, 3.05) is 25.1 Å². The van der Waals surface area contributed by atoms with Gasteiger partial charge in [0.15, 0.2) is 11.2 Å². The molecule has 0 unspecified atom stereocenters. The number of carbonyl (C=O) groups is 1. The quantitative estimate of drug-likeness (QED) is 0.406. The number of nitrogens with zero attached hydrogens (tertiary/aromatic N) is 6. The van der Waals surface area contributed by atoms with E-state index in [4.69, 9.17) is 9.72 Å². The van der Waals surface area contributed by atoms with E-state index in [1.807, 2.05) is 4.57 Å². The molecule has 4 heterocycles. The van der Waals surface area contributed by atoms with E-state index in [0.29, 0.717) is 22.5 Å². The minimum Gasteiger partial charge on any atom is -0.465 e. The Morgan fingerprint density at radius 3 is 2.74 bits per heavy atom. The number of ether oxygens (including phenoxy) is 1. The zero-order valence-corrected chi connectivity index (χ0v) is 20.2. The normalized spacial score (nSPS) is 16.3. The van der Waals surface area contributed by atoms with E-state index in [2.05, 4.69) is 21.7 Å². The van der Waals surface area contributed by atoms with Gasteiger partial charge in [-0.05, 0) is 50.2 Å². The van der Waals surface area contributed by atoms with E-state index < -0.39 is 17.2 Å². The SMILES string of the molecule is CC#CCn1c(N2CCCC3(CC3)C2)nc2c1c(=O)n(Cc1ncccc1C(=O)OC)c(=O)n2C. The number of imidazole rings is 1. The number of hydrogen-bond donors (Lipinski definition) is 0. The van der Waals surface area contributed by atoms with Gasteiger partial charge < -0.3 is 9.64 Å². The van der Waals surface area contributed by atoms with Crippen molar-refractivity contribution in [2.45, 2.75) is 45.7 Å². The van der Waals surface area contributed by atoms with Gasteiger partial charge in [0.2, 0.25) is 5.95 Å². The zero-order chi connectivity index (χ0) is 24.7. The van der Waals surface area contributed by atoms with Crippen molar-refractivity contribution in [3.63, 3.8) is 0 Å². The van der Waals surface area contributed by atoms with Gasteiger partial charge in [0.05, 0.1) is 31.5 Å². The number of anilines is 1. The fourth-order valence-electron chi connectivity index (χ4n) is 5.02. The fraction of sp³-hybridized carbons (Fsp3) is 0.480. The minimum atomic E-state index is -0.580. The van der Waals surface area contributed by atoms with Gasteiger partial charge in [0.1, 0.15) is 0 Å². The Bertz CT molecular complexity index is 1500. The molecular weight excluding hydrogens is 448 g/mol. The summed E-state index contributed by atoms with van der Waals surface area (Å²) in [5, 5.41) is 0. The van der Waals surface area contributed by atoms with Crippen molar-refractivity contribution in [3.05, 3.63) is 50.4 Å². The predicted octanol–water partition coefficient (Wildman–Crippen LogP) is 1.53. The summed E-state index contributed by atoms with van der Waals surface area (Å²) in [6.45, 7) is 3.62. The number of hydrogen-bond acceptors (Lipinski definition) is 7. The van der Waals surface area contributed by atoms with Crippen molar-refractivity contribution >= 4 is 23.1 Å². The summed E-state index contributed by atoms with van der Waals surface area (Å²) in [4.78, 5) is 50.5. The van der Waals surface area contributed by atoms with Crippen molar-refractivity contribution in [3.8, 4) is 11.8 Å². The number of rotatable bonds is 5. The zero-order valence-electron chi connectivity index (χ0n) is 20.2. The molecule has 0 aromatic carbocycles. The molecule has 35 heavy (non-hydrogen) atoms. The summed E-state index contributed by atoms with van der Waals surface area (Å²) in [6.07, 6.45) is 6.24. The van der Waals surface area contributed by atoms with Crippen LogP contribution in [0.25, 0.3) is 11.2 Å². The molecule has 0 atom stereocenters. The largest absolute Gasteiger partial charge is 0.465 e. The van der Waals surface area contributed by atoms with Gasteiger partial charge in [0, 0.05) is 26.3 Å². The van der Waals surface area contributed by atoms with E-state index in [1.165, 1.54) is 37.1 Å². The van der Waals surface area contributed by atoms with Crippen LogP contribution in [0, 0.1) is 17.3 Å². The third-order valence-corrected chi connectivity index (χ3v) is 7.13. The number of methoxy groups -OCH3 is 1. The van der Waals surface area contributed by atoms with Gasteiger partial charge in [-0.15, -0.1) is 5.92 Å². The lowest BCUT2D eigenvalue weighted by atomic mass is 9.95. The fourth-order valence-corrected chi connectivity index (χ4v) is 5.02. The molecule has 3 aromatic rings. The highest BCUT2D eigenvalue weighted by Gasteiger charge is 2.46. The Hall–Kier alpha value is -3.87. The highest BCUT2D eigenvalue weighted by molar-refractivity contribution is 5.90. The number of pyridine rings is 1. The Morgan fingerprint density at radius 2 is 2.03 bits per heavy atom. The van der Waals surface area contributed by atoms with Gasteiger partial charge >= 0.3 is 11.7 Å². The van der Waals surface area contributed by atoms with Gasteiger partial charge in [-0.2, -0.15) is 4.98 Å². The van der Waals surface area contributed by atoms with Crippen LogP contribution in [0.3, 0.4) is 0 Å². The van der Waals surface area contributed by atoms with Crippen LogP contribution in [0.5, 0.6) is 0 Å². The number of fused-ring (bicyclic) bond motifs is 1. The van der Waals surface area contributed by atoms with E-state index in [1.54, 1.807) is 26.1 Å². The first-order valence-corrected chi connectivity index (χ1v) is 11.8. The maximum Gasteiger partial charge on any atom is 0.339 e. The second-order valence-electron chi connectivity index (χ2n) is 9.34. The van der Waals surface area contributed by atoms with Crippen LogP contribution >= 0.6 is 0 Å². The Balaban J connectivity index is 1.68. The lowest BCUT2D eigenvalue weighted by molar-refractivity contribution is 0.0598. The molecule has 0 radical (unpaired) electrons. The minimum absolute atomic E-state index is 0.167. The lowest BCUT2D eigenvalue weighted by Crippen LogP contribution is -2.40. The Labute approximate surface area is 202 Å². The molecule has 1 saturated carbocycles.